The molecule has 0 aliphatic carbocycles. The number of rotatable bonds is 2. The van der Waals surface area contributed by atoms with Crippen molar-refractivity contribution in [3.05, 3.63) is 12.3 Å². The van der Waals surface area contributed by atoms with Crippen molar-refractivity contribution < 1.29 is 0 Å². The summed E-state index contributed by atoms with van der Waals surface area (Å²) < 4.78 is 0. The molecule has 1 nitrogen and oxygen atoms in total. The molecule has 12 heavy (non-hydrogen) atoms. The molecule has 0 aromatic rings. The Morgan fingerprint density at radius 3 is 3.00 bits per heavy atom. The Balaban J connectivity index is 2.46. The summed E-state index contributed by atoms with van der Waals surface area (Å²) in [4.78, 5) is 2.34. The van der Waals surface area contributed by atoms with Gasteiger partial charge >= 0.3 is 0 Å². The summed E-state index contributed by atoms with van der Waals surface area (Å²) >= 11 is 5.75. The summed E-state index contributed by atoms with van der Waals surface area (Å²) in [7, 11) is 0. The third-order valence-electron chi connectivity index (χ3n) is 2.51. The van der Waals surface area contributed by atoms with E-state index < -0.39 is 0 Å². The number of halogens is 1. The zero-order valence-electron chi connectivity index (χ0n) is 7.85. The van der Waals surface area contributed by atoms with Gasteiger partial charge in [-0.05, 0) is 18.8 Å². The van der Waals surface area contributed by atoms with Crippen LogP contribution in [0.2, 0.25) is 0 Å². The Morgan fingerprint density at radius 1 is 1.58 bits per heavy atom. The van der Waals surface area contributed by atoms with Crippen molar-refractivity contribution in [2.45, 2.75) is 26.2 Å². The van der Waals surface area contributed by atoms with Crippen molar-refractivity contribution in [3.8, 4) is 0 Å². The topological polar surface area (TPSA) is 3.24 Å². The van der Waals surface area contributed by atoms with E-state index in [0.717, 1.165) is 24.7 Å². The fourth-order valence-corrected chi connectivity index (χ4v) is 1.90. The molecule has 1 heterocycles. The Morgan fingerprint density at radius 2 is 2.33 bits per heavy atom. The molecule has 0 saturated carbocycles. The predicted octanol–water partition coefficient (Wildman–Crippen LogP) is 2.86. The van der Waals surface area contributed by atoms with E-state index in [1.807, 2.05) is 0 Å². The molecule has 0 spiro atoms. The third-order valence-corrected chi connectivity index (χ3v) is 2.82. The molecule has 0 bridgehead atoms. The highest BCUT2D eigenvalue weighted by Gasteiger charge is 2.14. The number of hydrogen-bond acceptors (Lipinski definition) is 1. The molecule has 0 radical (unpaired) electrons. The van der Waals surface area contributed by atoms with E-state index in [4.69, 9.17) is 11.6 Å². The summed E-state index contributed by atoms with van der Waals surface area (Å²) in [5.74, 6) is 1.37. The highest BCUT2D eigenvalue weighted by Crippen LogP contribution is 2.18. The van der Waals surface area contributed by atoms with Crippen molar-refractivity contribution in [2.24, 2.45) is 5.92 Å². The van der Waals surface area contributed by atoms with E-state index in [1.165, 1.54) is 19.3 Å². The number of likely N-dealkylation sites (tertiary alicyclic amines) is 1. The fourth-order valence-electron chi connectivity index (χ4n) is 1.73. The van der Waals surface area contributed by atoms with E-state index in [9.17, 15) is 0 Å². The van der Waals surface area contributed by atoms with E-state index >= 15 is 0 Å². The van der Waals surface area contributed by atoms with Gasteiger partial charge in [-0.1, -0.05) is 19.9 Å². The average molecular weight is 188 g/mol. The van der Waals surface area contributed by atoms with Gasteiger partial charge in [0, 0.05) is 18.8 Å². The number of alkyl halides is 1. The molecule has 1 unspecified atom stereocenters. The first-order valence-electron chi connectivity index (χ1n) is 4.72. The van der Waals surface area contributed by atoms with Gasteiger partial charge in [0.2, 0.25) is 0 Å². The molecule has 0 aromatic heterocycles. The van der Waals surface area contributed by atoms with Crippen molar-refractivity contribution in [1.82, 2.24) is 4.90 Å². The minimum absolute atomic E-state index is 0.576. The molecule has 2 heteroatoms. The number of nitrogens with zero attached hydrogens (tertiary/aromatic N) is 1. The smallest absolute Gasteiger partial charge is 0.0617 e. The maximum absolute atomic E-state index is 5.75. The van der Waals surface area contributed by atoms with Gasteiger partial charge in [-0.3, -0.25) is 0 Å². The standard InChI is InChI=1S/C10H18ClN/c1-9-5-3-4-6-12(8-9)10(2)7-11/h9H,2-8H2,1H3. The second-order valence-electron chi connectivity index (χ2n) is 3.75. The van der Waals surface area contributed by atoms with Crippen LogP contribution in [0.4, 0.5) is 0 Å². The molecule has 0 aromatic carbocycles. The first-order valence-corrected chi connectivity index (χ1v) is 5.26. The normalized spacial score (nSPS) is 25.2. The van der Waals surface area contributed by atoms with Gasteiger partial charge in [0.1, 0.15) is 0 Å². The van der Waals surface area contributed by atoms with Crippen LogP contribution in [0.3, 0.4) is 0 Å². The number of allylic oxidation sites excluding steroid dienone is 1. The Kier molecular flexibility index (Phi) is 3.93. The van der Waals surface area contributed by atoms with Crippen molar-refractivity contribution in [1.29, 1.82) is 0 Å². The van der Waals surface area contributed by atoms with E-state index in [0.29, 0.717) is 5.88 Å². The zero-order chi connectivity index (χ0) is 8.97. The molecule has 1 aliphatic heterocycles. The second kappa shape index (κ2) is 4.76. The molecule has 70 valence electrons. The van der Waals surface area contributed by atoms with Gasteiger partial charge in [-0.15, -0.1) is 11.6 Å². The van der Waals surface area contributed by atoms with Crippen LogP contribution < -0.4 is 0 Å². The van der Waals surface area contributed by atoms with Gasteiger partial charge in [0.25, 0.3) is 0 Å². The fraction of sp³-hybridized carbons (Fsp3) is 0.800. The lowest BCUT2D eigenvalue weighted by Crippen LogP contribution is -2.27. The second-order valence-corrected chi connectivity index (χ2v) is 4.01. The highest BCUT2D eigenvalue weighted by molar-refractivity contribution is 6.19. The lowest BCUT2D eigenvalue weighted by Gasteiger charge is -2.25. The van der Waals surface area contributed by atoms with Gasteiger partial charge < -0.3 is 4.90 Å². The quantitative estimate of drug-likeness (QED) is 0.601. The van der Waals surface area contributed by atoms with Gasteiger partial charge in [0.05, 0.1) is 5.88 Å². The summed E-state index contributed by atoms with van der Waals surface area (Å²) in [6.07, 6.45) is 4.00. The minimum atomic E-state index is 0.576. The SMILES string of the molecule is C=C(CCl)N1CCCCC(C)C1. The van der Waals surface area contributed by atoms with Crippen LogP contribution in [0.25, 0.3) is 0 Å². The maximum atomic E-state index is 5.75. The molecular weight excluding hydrogens is 170 g/mol. The van der Waals surface area contributed by atoms with Gasteiger partial charge in [0.15, 0.2) is 0 Å². The first kappa shape index (κ1) is 9.91. The molecule has 1 rings (SSSR count). The molecule has 0 amide bonds. The minimum Gasteiger partial charge on any atom is -0.374 e. The lowest BCUT2D eigenvalue weighted by molar-refractivity contribution is 0.321. The van der Waals surface area contributed by atoms with Crippen molar-refractivity contribution >= 4 is 11.6 Å². The van der Waals surface area contributed by atoms with Crippen molar-refractivity contribution in [2.75, 3.05) is 19.0 Å². The van der Waals surface area contributed by atoms with E-state index in [-0.39, 0.29) is 0 Å². The molecule has 1 saturated heterocycles. The van der Waals surface area contributed by atoms with Gasteiger partial charge in [-0.2, -0.15) is 0 Å². The summed E-state index contributed by atoms with van der Waals surface area (Å²) in [5, 5.41) is 0. The average Bonchev–Trinajstić information content (AvgIpc) is 2.28. The van der Waals surface area contributed by atoms with Crippen LogP contribution in [0.5, 0.6) is 0 Å². The first-order chi connectivity index (χ1) is 5.74. The third kappa shape index (κ3) is 2.71. The summed E-state index contributed by atoms with van der Waals surface area (Å²) in [6.45, 7) is 8.57. The molecule has 0 N–H and O–H groups in total. The van der Waals surface area contributed by atoms with Crippen molar-refractivity contribution in [3.63, 3.8) is 0 Å². The highest BCUT2D eigenvalue weighted by atomic mass is 35.5. The predicted molar refractivity (Wildman–Crippen MR) is 54.4 cm³/mol. The van der Waals surface area contributed by atoms with E-state index in [1.54, 1.807) is 0 Å². The van der Waals surface area contributed by atoms with Crippen LogP contribution in [-0.4, -0.2) is 23.9 Å². The van der Waals surface area contributed by atoms with Crippen LogP contribution in [0.15, 0.2) is 12.3 Å². The van der Waals surface area contributed by atoms with Crippen LogP contribution in [0, 0.1) is 5.92 Å². The number of hydrogen-bond donors (Lipinski definition) is 0. The summed E-state index contributed by atoms with van der Waals surface area (Å²) in [6, 6.07) is 0. The van der Waals surface area contributed by atoms with E-state index in [2.05, 4.69) is 18.4 Å². The van der Waals surface area contributed by atoms with Crippen LogP contribution in [0.1, 0.15) is 26.2 Å². The summed E-state index contributed by atoms with van der Waals surface area (Å²) in [5.41, 5.74) is 1.09. The maximum Gasteiger partial charge on any atom is 0.0617 e. The molecule has 1 atom stereocenters. The van der Waals surface area contributed by atoms with Crippen LogP contribution >= 0.6 is 11.6 Å². The Hall–Kier alpha value is -0.170. The van der Waals surface area contributed by atoms with Crippen LogP contribution in [-0.2, 0) is 0 Å². The zero-order valence-corrected chi connectivity index (χ0v) is 8.61. The Bertz CT molecular complexity index is 156. The largest absolute Gasteiger partial charge is 0.374 e. The Labute approximate surface area is 80.4 Å². The lowest BCUT2D eigenvalue weighted by atomic mass is 10.1. The van der Waals surface area contributed by atoms with Gasteiger partial charge in [-0.25, -0.2) is 0 Å². The molecular formula is C10H18ClN. The molecule has 1 aliphatic rings. The monoisotopic (exact) mass is 187 g/mol. The molecule has 1 fully saturated rings.